The third kappa shape index (κ3) is 6.66. The number of carbonyl (C=O) groups is 1. The van der Waals surface area contributed by atoms with Gasteiger partial charge >= 0.3 is 6.09 Å². The van der Waals surface area contributed by atoms with E-state index in [0.29, 0.717) is 36.6 Å². The van der Waals surface area contributed by atoms with E-state index in [2.05, 4.69) is 15.4 Å². The van der Waals surface area contributed by atoms with Crippen LogP contribution in [0, 0.1) is 25.5 Å². The van der Waals surface area contributed by atoms with Gasteiger partial charge in [-0.2, -0.15) is 10.5 Å². The van der Waals surface area contributed by atoms with Gasteiger partial charge in [0.25, 0.3) is 0 Å². The van der Waals surface area contributed by atoms with Gasteiger partial charge in [0.15, 0.2) is 0 Å². The lowest BCUT2D eigenvalue weighted by Gasteiger charge is -2.27. The highest BCUT2D eigenvalue weighted by atomic mass is 19.1. The minimum atomic E-state index is -0.607. The van der Waals surface area contributed by atoms with Crippen molar-refractivity contribution in [3.63, 3.8) is 0 Å². The fraction of sp³-hybridized carbons (Fsp3) is 0.522. The first-order chi connectivity index (χ1) is 15.5. The van der Waals surface area contributed by atoms with Crippen molar-refractivity contribution in [1.29, 1.82) is 0 Å². The minimum Gasteiger partial charge on any atom is -0.442 e. The summed E-state index contributed by atoms with van der Waals surface area (Å²) in [5.74, 6) is -0.648. The molecule has 0 saturated carbocycles. The van der Waals surface area contributed by atoms with E-state index < -0.39 is 17.5 Å². The molecule has 2 aliphatic heterocycles. The fourth-order valence-corrected chi connectivity index (χ4v) is 3.30. The number of aryl methyl sites for hydroxylation is 2. The quantitative estimate of drug-likeness (QED) is 0.693. The topological polar surface area (TPSA) is 85.8 Å². The number of rotatable bonds is 2. The smallest absolute Gasteiger partial charge is 0.435 e. The van der Waals surface area contributed by atoms with Gasteiger partial charge in [0, 0.05) is 18.8 Å². The van der Waals surface area contributed by atoms with Gasteiger partial charge in [0.1, 0.15) is 17.2 Å². The summed E-state index contributed by atoms with van der Waals surface area (Å²) in [7, 11) is 0. The molecule has 4 rings (SSSR count). The Morgan fingerprint density at radius 2 is 1.67 bits per heavy atom. The van der Waals surface area contributed by atoms with Crippen molar-refractivity contribution in [3.8, 4) is 0 Å². The number of hydrogen-bond donors (Lipinski definition) is 1. The zero-order valence-corrected chi connectivity index (χ0v) is 19.5. The summed E-state index contributed by atoms with van der Waals surface area (Å²) in [4.78, 5) is 30.3. The van der Waals surface area contributed by atoms with Crippen LogP contribution in [-0.2, 0) is 14.4 Å². The second-order valence-corrected chi connectivity index (χ2v) is 8.92. The van der Waals surface area contributed by atoms with E-state index in [0.717, 1.165) is 17.0 Å². The molecule has 2 aliphatic rings. The van der Waals surface area contributed by atoms with E-state index in [4.69, 9.17) is 14.4 Å². The largest absolute Gasteiger partial charge is 0.442 e. The molecule has 0 radical (unpaired) electrons. The van der Waals surface area contributed by atoms with Crippen molar-refractivity contribution in [2.24, 2.45) is 0 Å². The standard InChI is InChI=1S/C14H19FN2O3.C9H11FN2O/c1-9-11(15)7-10(8-16-9)12-5-6-19-17(12)13(18)20-14(2,3)4;1-6-8(10)4-7(5-11-6)9-2-3-13-12-9/h7-8,12H,5-6H2,1-4H3;4-5,9,12H,2-3H2,1H3/t12-;9-/m00/s1. The van der Waals surface area contributed by atoms with Gasteiger partial charge < -0.3 is 9.57 Å². The highest BCUT2D eigenvalue weighted by molar-refractivity contribution is 5.67. The highest BCUT2D eigenvalue weighted by Gasteiger charge is 2.35. The highest BCUT2D eigenvalue weighted by Crippen LogP contribution is 2.32. The number of halogens is 2. The maximum atomic E-state index is 13.6. The molecule has 1 amide bonds. The van der Waals surface area contributed by atoms with E-state index in [9.17, 15) is 13.6 Å². The monoisotopic (exact) mass is 464 g/mol. The minimum absolute atomic E-state index is 0.0857. The number of ether oxygens (including phenoxy) is 1. The summed E-state index contributed by atoms with van der Waals surface area (Å²) in [5, 5.41) is 1.16. The van der Waals surface area contributed by atoms with Gasteiger partial charge in [-0.1, -0.05) is 0 Å². The molecule has 2 aromatic rings. The lowest BCUT2D eigenvalue weighted by Crippen LogP contribution is -2.35. The van der Waals surface area contributed by atoms with Crippen LogP contribution in [0.15, 0.2) is 24.5 Å². The number of amides is 1. The molecular weight excluding hydrogens is 434 g/mol. The number of carbonyl (C=O) groups excluding carboxylic acids is 1. The Balaban J connectivity index is 0.000000203. The van der Waals surface area contributed by atoms with Crippen molar-refractivity contribution in [3.05, 3.63) is 58.7 Å². The third-order valence-corrected chi connectivity index (χ3v) is 5.09. The predicted molar refractivity (Wildman–Crippen MR) is 116 cm³/mol. The first kappa shape index (κ1) is 24.9. The van der Waals surface area contributed by atoms with Crippen molar-refractivity contribution in [1.82, 2.24) is 20.5 Å². The average Bonchev–Trinajstić information content (AvgIpc) is 3.43. The number of hydroxylamine groups is 3. The lowest BCUT2D eigenvalue weighted by molar-refractivity contribution is -0.125. The van der Waals surface area contributed by atoms with Crippen LogP contribution in [0.3, 0.4) is 0 Å². The molecule has 180 valence electrons. The molecule has 2 atom stereocenters. The average molecular weight is 465 g/mol. The van der Waals surface area contributed by atoms with Gasteiger partial charge in [-0.15, -0.1) is 0 Å². The molecular formula is C23H30F2N4O4. The maximum Gasteiger partial charge on any atom is 0.435 e. The molecule has 0 bridgehead atoms. The van der Waals surface area contributed by atoms with Crippen molar-refractivity contribution < 1.29 is 28.0 Å². The van der Waals surface area contributed by atoms with E-state index >= 15 is 0 Å². The molecule has 8 nitrogen and oxygen atoms in total. The summed E-state index contributed by atoms with van der Waals surface area (Å²) in [6.07, 6.45) is 4.13. The van der Waals surface area contributed by atoms with Gasteiger partial charge in [0.05, 0.1) is 36.7 Å². The van der Waals surface area contributed by atoms with Crippen LogP contribution >= 0.6 is 0 Å². The van der Waals surface area contributed by atoms with Gasteiger partial charge in [0.2, 0.25) is 0 Å². The first-order valence-electron chi connectivity index (χ1n) is 10.8. The predicted octanol–water partition coefficient (Wildman–Crippen LogP) is 4.64. The molecule has 0 aromatic carbocycles. The Morgan fingerprint density at radius 1 is 1.06 bits per heavy atom. The van der Waals surface area contributed by atoms with Crippen LogP contribution in [0.1, 0.15) is 68.2 Å². The summed E-state index contributed by atoms with van der Waals surface area (Å²) < 4.78 is 32.0. The number of aromatic nitrogens is 2. The number of hydrogen-bond acceptors (Lipinski definition) is 7. The molecule has 0 spiro atoms. The van der Waals surface area contributed by atoms with E-state index in [1.54, 1.807) is 47.0 Å². The van der Waals surface area contributed by atoms with Crippen molar-refractivity contribution in [2.75, 3.05) is 13.2 Å². The van der Waals surface area contributed by atoms with E-state index in [1.807, 2.05) is 0 Å². The summed E-state index contributed by atoms with van der Waals surface area (Å²) in [6, 6.07) is 2.61. The second-order valence-electron chi connectivity index (χ2n) is 8.92. The second kappa shape index (κ2) is 10.5. The van der Waals surface area contributed by atoms with Crippen LogP contribution in [0.2, 0.25) is 0 Å². The Morgan fingerprint density at radius 3 is 2.21 bits per heavy atom. The van der Waals surface area contributed by atoms with E-state index in [-0.39, 0.29) is 17.9 Å². The summed E-state index contributed by atoms with van der Waals surface area (Å²) in [5.41, 5.74) is 4.42. The molecule has 2 aromatic heterocycles. The van der Waals surface area contributed by atoms with E-state index in [1.165, 1.54) is 12.1 Å². The summed E-state index contributed by atoms with van der Waals surface area (Å²) in [6.45, 7) is 9.64. The van der Waals surface area contributed by atoms with Crippen LogP contribution in [-0.4, -0.2) is 39.9 Å². The maximum absolute atomic E-state index is 13.6. The van der Waals surface area contributed by atoms with Crippen LogP contribution < -0.4 is 5.48 Å². The zero-order valence-electron chi connectivity index (χ0n) is 19.5. The molecule has 1 N–H and O–H groups in total. The molecule has 10 heteroatoms. The Hall–Kier alpha value is -2.69. The zero-order chi connectivity index (χ0) is 24.2. The van der Waals surface area contributed by atoms with Gasteiger partial charge in [-0.05, 0) is 64.3 Å². The first-order valence-corrected chi connectivity index (χ1v) is 10.8. The molecule has 2 saturated heterocycles. The Kier molecular flexibility index (Phi) is 7.93. The SMILES string of the molecule is Cc1ncc([C@@H]2CCON2)cc1F.Cc1ncc([C@@H]2CCON2C(=O)OC(C)(C)C)cc1F. The molecule has 0 unspecified atom stereocenters. The molecule has 2 fully saturated rings. The van der Waals surface area contributed by atoms with Crippen LogP contribution in [0.25, 0.3) is 0 Å². The number of pyridine rings is 2. The number of nitrogens with zero attached hydrogens (tertiary/aromatic N) is 3. The molecule has 33 heavy (non-hydrogen) atoms. The molecule has 4 heterocycles. The molecule has 0 aliphatic carbocycles. The lowest BCUT2D eigenvalue weighted by atomic mass is 10.1. The fourth-order valence-electron chi connectivity index (χ4n) is 3.30. The van der Waals surface area contributed by atoms with Crippen LogP contribution in [0.4, 0.5) is 13.6 Å². The van der Waals surface area contributed by atoms with Crippen molar-refractivity contribution >= 4 is 6.09 Å². The normalized spacial score (nSPS) is 20.4. The van der Waals surface area contributed by atoms with Crippen LogP contribution in [0.5, 0.6) is 0 Å². The van der Waals surface area contributed by atoms with Gasteiger partial charge in [-0.25, -0.2) is 13.6 Å². The Bertz CT molecular complexity index is 977. The summed E-state index contributed by atoms with van der Waals surface area (Å²) >= 11 is 0. The third-order valence-electron chi connectivity index (χ3n) is 5.09. The van der Waals surface area contributed by atoms with Crippen molar-refractivity contribution in [2.45, 2.75) is 65.1 Å². The Labute approximate surface area is 192 Å². The number of nitrogens with one attached hydrogen (secondary N) is 1. The van der Waals surface area contributed by atoms with Gasteiger partial charge in [-0.3, -0.25) is 14.8 Å².